The van der Waals surface area contributed by atoms with Gasteiger partial charge in [0, 0.05) is 49.7 Å². The molecule has 0 unspecified atom stereocenters. The van der Waals surface area contributed by atoms with Crippen LogP contribution in [0.4, 0.5) is 5.69 Å². The van der Waals surface area contributed by atoms with E-state index in [2.05, 4.69) is 130 Å². The number of nitriles is 3. The zero-order valence-corrected chi connectivity index (χ0v) is 42.2. The van der Waals surface area contributed by atoms with Crippen LogP contribution in [0, 0.1) is 82.1 Å². The molecule has 0 atom stereocenters. The Labute approximate surface area is 436 Å². The summed E-state index contributed by atoms with van der Waals surface area (Å²) in [5.41, 5.74) is 19.9. The van der Waals surface area contributed by atoms with Crippen LogP contribution in [0.1, 0.15) is 50.1 Å². The van der Waals surface area contributed by atoms with Crippen molar-refractivity contribution in [2.75, 3.05) is 0 Å². The number of aromatic nitrogens is 4. The van der Waals surface area contributed by atoms with E-state index in [0.29, 0.717) is 67.8 Å². The minimum Gasteiger partial charge on any atom is -0.308 e. The Morgan fingerprint density at radius 2 is 0.853 bits per heavy atom. The minimum atomic E-state index is 0.286. The first-order valence-electron chi connectivity index (χ1n) is 24.6. The van der Waals surface area contributed by atoms with Gasteiger partial charge in [-0.25, -0.2) is 19.8 Å². The highest BCUT2D eigenvalue weighted by atomic mass is 15.0. The number of benzene rings is 9. The fraction of sp³-hybridized carbons (Fsp3) is 0.0896. The molecule has 0 N–H and O–H groups in total. The van der Waals surface area contributed by atoms with Crippen LogP contribution in [0.15, 0.2) is 170 Å². The van der Waals surface area contributed by atoms with Crippen molar-refractivity contribution in [3.63, 3.8) is 0 Å². The van der Waals surface area contributed by atoms with E-state index in [9.17, 15) is 15.8 Å². The second kappa shape index (κ2) is 19.1. The van der Waals surface area contributed by atoms with Gasteiger partial charge in [0.25, 0.3) is 0 Å². The van der Waals surface area contributed by atoms with Crippen LogP contribution in [-0.2, 0) is 0 Å². The highest BCUT2D eigenvalue weighted by molar-refractivity contribution is 6.13. The standard InChI is InChI=1S/C67H46N8/c1-39-26-41(3)62(42(4)27-39)48-19-24-60-56(32-48)57-33-49(63-43(5)28-40(2)29-44(63)6)20-25-61(57)75(60)64-58(54-22-18-45(36-68)30-51(54)37-69)34-50(35-59(64)55-23-21-53(71-7)31-52(55)38-70)67-73-65(46-14-10-8-11-15-46)72-66(74-67)47-16-12-9-13-17-47/h8-35H,1-6H3. The normalized spacial score (nSPS) is 11.0. The lowest BCUT2D eigenvalue weighted by Crippen LogP contribution is -2.05. The third kappa shape index (κ3) is 8.44. The van der Waals surface area contributed by atoms with Crippen LogP contribution < -0.4 is 0 Å². The highest BCUT2D eigenvalue weighted by Gasteiger charge is 2.27. The molecule has 0 bridgehead atoms. The van der Waals surface area contributed by atoms with Gasteiger partial charge in [-0.05, 0) is 146 Å². The molecule has 2 aromatic heterocycles. The van der Waals surface area contributed by atoms with Crippen LogP contribution >= 0.6 is 0 Å². The van der Waals surface area contributed by atoms with Crippen molar-refractivity contribution in [3.05, 3.63) is 231 Å². The average Bonchev–Trinajstić information content (AvgIpc) is 3.76. The Bertz CT molecular complexity index is 4030. The SMILES string of the molecule is [C-]#[N+]c1ccc(-c2cc(-c3nc(-c4ccccc4)nc(-c4ccccc4)n3)cc(-c3ccc(C#N)cc3C#N)c2-n2c3ccc(-c4c(C)cc(C)cc4C)cc3c3cc(-c4c(C)cc(C)cc4C)ccc32)c(C#N)c1. The fourth-order valence-corrected chi connectivity index (χ4v) is 11.1. The molecule has 0 aliphatic rings. The number of hydrogen-bond donors (Lipinski definition) is 0. The van der Waals surface area contributed by atoms with Crippen LogP contribution in [0.5, 0.6) is 0 Å². The molecule has 8 heteroatoms. The van der Waals surface area contributed by atoms with Crippen LogP contribution in [0.25, 0.3) is 111 Å². The Morgan fingerprint density at radius 1 is 0.413 bits per heavy atom. The summed E-state index contributed by atoms with van der Waals surface area (Å²) in [6.07, 6.45) is 0. The average molecular weight is 963 g/mol. The molecule has 0 aliphatic carbocycles. The maximum atomic E-state index is 11.0. The number of fused-ring (bicyclic) bond motifs is 3. The van der Waals surface area contributed by atoms with Crippen molar-refractivity contribution in [2.45, 2.75) is 41.5 Å². The predicted octanol–water partition coefficient (Wildman–Crippen LogP) is 16.7. The van der Waals surface area contributed by atoms with Gasteiger partial charge in [0.15, 0.2) is 23.2 Å². The number of aryl methyl sites for hydroxylation is 6. The van der Waals surface area contributed by atoms with E-state index in [1.165, 1.54) is 44.5 Å². The molecule has 2 heterocycles. The van der Waals surface area contributed by atoms with Gasteiger partial charge in [-0.1, -0.05) is 126 Å². The maximum Gasteiger partial charge on any atom is 0.188 e. The Morgan fingerprint density at radius 3 is 1.29 bits per heavy atom. The molecular weight excluding hydrogens is 917 g/mol. The van der Waals surface area contributed by atoms with Gasteiger partial charge in [-0.2, -0.15) is 15.8 Å². The molecule has 11 rings (SSSR count). The van der Waals surface area contributed by atoms with Crippen LogP contribution in [0.3, 0.4) is 0 Å². The molecule has 0 amide bonds. The first kappa shape index (κ1) is 47.1. The molecule has 0 saturated heterocycles. The zero-order valence-electron chi connectivity index (χ0n) is 42.2. The van der Waals surface area contributed by atoms with Crippen molar-refractivity contribution >= 4 is 27.5 Å². The first-order valence-corrected chi connectivity index (χ1v) is 24.6. The summed E-state index contributed by atoms with van der Waals surface area (Å²) in [4.78, 5) is 19.1. The van der Waals surface area contributed by atoms with Crippen molar-refractivity contribution in [1.29, 1.82) is 15.8 Å². The van der Waals surface area contributed by atoms with Gasteiger partial charge in [0.05, 0.1) is 52.6 Å². The van der Waals surface area contributed by atoms with Gasteiger partial charge in [-0.15, -0.1) is 0 Å². The third-order valence-electron chi connectivity index (χ3n) is 14.1. The molecule has 11 aromatic rings. The molecular formula is C67H46N8. The molecule has 0 saturated carbocycles. The molecule has 0 spiro atoms. The third-order valence-corrected chi connectivity index (χ3v) is 14.1. The molecule has 75 heavy (non-hydrogen) atoms. The van der Waals surface area contributed by atoms with Gasteiger partial charge in [0.2, 0.25) is 0 Å². The molecule has 8 nitrogen and oxygen atoms in total. The number of nitrogens with zero attached hydrogens (tertiary/aromatic N) is 8. The monoisotopic (exact) mass is 962 g/mol. The Balaban J connectivity index is 1.32. The van der Waals surface area contributed by atoms with Gasteiger partial charge in [-0.3, -0.25) is 0 Å². The van der Waals surface area contributed by atoms with Crippen molar-refractivity contribution in [2.24, 2.45) is 0 Å². The van der Waals surface area contributed by atoms with Gasteiger partial charge < -0.3 is 4.57 Å². The summed E-state index contributed by atoms with van der Waals surface area (Å²) < 4.78 is 2.25. The summed E-state index contributed by atoms with van der Waals surface area (Å²) in [7, 11) is 0. The molecule has 0 aliphatic heterocycles. The molecule has 354 valence electrons. The van der Waals surface area contributed by atoms with E-state index in [0.717, 1.165) is 44.1 Å². The molecule has 9 aromatic carbocycles. The van der Waals surface area contributed by atoms with E-state index in [1.54, 1.807) is 24.3 Å². The lowest BCUT2D eigenvalue weighted by Gasteiger charge is -2.22. The van der Waals surface area contributed by atoms with E-state index >= 15 is 0 Å². The van der Waals surface area contributed by atoms with E-state index in [-0.39, 0.29) is 5.56 Å². The maximum absolute atomic E-state index is 11.0. The van der Waals surface area contributed by atoms with E-state index in [1.807, 2.05) is 84.9 Å². The lowest BCUT2D eigenvalue weighted by atomic mass is 9.88. The number of hydrogen-bond acceptors (Lipinski definition) is 6. The van der Waals surface area contributed by atoms with Crippen molar-refractivity contribution < 1.29 is 0 Å². The van der Waals surface area contributed by atoms with Crippen LogP contribution in [0.2, 0.25) is 0 Å². The summed E-state index contributed by atoms with van der Waals surface area (Å²) >= 11 is 0. The zero-order chi connectivity index (χ0) is 52.1. The first-order chi connectivity index (χ1) is 36.4. The minimum absolute atomic E-state index is 0.286. The summed E-state index contributed by atoms with van der Waals surface area (Å²) in [5, 5.41) is 34.2. The second-order valence-corrected chi connectivity index (χ2v) is 19.2. The fourth-order valence-electron chi connectivity index (χ4n) is 11.1. The van der Waals surface area contributed by atoms with Crippen molar-refractivity contribution in [1.82, 2.24) is 19.5 Å². The van der Waals surface area contributed by atoms with Gasteiger partial charge >= 0.3 is 0 Å². The predicted molar refractivity (Wildman–Crippen MR) is 301 cm³/mol. The van der Waals surface area contributed by atoms with Gasteiger partial charge in [0.1, 0.15) is 0 Å². The largest absolute Gasteiger partial charge is 0.308 e. The Hall–Kier alpha value is -10.3. The highest BCUT2D eigenvalue weighted by Crippen LogP contribution is 2.47. The number of rotatable bonds is 8. The molecule has 0 radical (unpaired) electrons. The van der Waals surface area contributed by atoms with E-state index < -0.39 is 0 Å². The smallest absolute Gasteiger partial charge is 0.188 e. The lowest BCUT2D eigenvalue weighted by molar-refractivity contribution is 1.07. The molecule has 0 fully saturated rings. The summed E-state index contributed by atoms with van der Waals surface area (Å²) in [6.45, 7) is 20.9. The quantitative estimate of drug-likeness (QED) is 0.140. The summed E-state index contributed by atoms with van der Waals surface area (Å²) in [5.74, 6) is 1.30. The summed E-state index contributed by atoms with van der Waals surface area (Å²) in [6, 6.07) is 63.2. The van der Waals surface area contributed by atoms with E-state index in [4.69, 9.17) is 21.5 Å². The van der Waals surface area contributed by atoms with Crippen molar-refractivity contribution in [3.8, 4) is 103 Å². The topological polar surface area (TPSA) is 119 Å². The van der Waals surface area contributed by atoms with Crippen LogP contribution in [-0.4, -0.2) is 19.5 Å². The Kier molecular flexibility index (Phi) is 12.0. The second-order valence-electron chi connectivity index (χ2n) is 19.2.